The van der Waals surface area contributed by atoms with Gasteiger partial charge in [0.15, 0.2) is 5.65 Å². The van der Waals surface area contributed by atoms with Crippen molar-refractivity contribution in [3.8, 4) is 28.4 Å². The zero-order valence-electron chi connectivity index (χ0n) is 16.9. The number of rotatable bonds is 7. The molecule has 3 aromatic heterocycles. The average Bonchev–Trinajstić information content (AvgIpc) is 3.31. The highest BCUT2D eigenvalue weighted by atomic mass is 28.3. The molecule has 0 aliphatic carbocycles. The number of ether oxygens (including phenoxy) is 1. The third-order valence-corrected chi connectivity index (χ3v) is 6.45. The zero-order chi connectivity index (χ0) is 20.4. The smallest absolute Gasteiger partial charge is 0.214 e. The van der Waals surface area contributed by atoms with Crippen molar-refractivity contribution in [3.05, 3.63) is 55.1 Å². The first-order valence-corrected chi connectivity index (χ1v) is 13.3. The summed E-state index contributed by atoms with van der Waals surface area (Å²) in [5.74, 6) is 0.854. The van der Waals surface area contributed by atoms with Gasteiger partial charge in [0.05, 0.1) is 6.20 Å². The normalized spacial score (nSPS) is 12.0. The van der Waals surface area contributed by atoms with Gasteiger partial charge in [-0.05, 0) is 11.6 Å². The minimum absolute atomic E-state index is 0.0213. The van der Waals surface area contributed by atoms with Crippen molar-refractivity contribution in [1.82, 2.24) is 24.1 Å². The number of hydrogen-bond donors (Lipinski definition) is 1. The Morgan fingerprint density at radius 3 is 2.55 bits per heavy atom. The summed E-state index contributed by atoms with van der Waals surface area (Å²) in [5.41, 5.74) is 3.48. The molecule has 0 bridgehead atoms. The Balaban J connectivity index is 1.51. The molecule has 0 saturated carbocycles. The van der Waals surface area contributed by atoms with Crippen molar-refractivity contribution in [2.45, 2.75) is 32.4 Å². The van der Waals surface area contributed by atoms with Crippen LogP contribution in [0.2, 0.25) is 25.7 Å². The zero-order valence-corrected chi connectivity index (χ0v) is 17.9. The fraction of sp³-hybridized carbons (Fsp3) is 0.286. The molecule has 0 amide bonds. The molecular formula is C21H25N5O2Si. The predicted octanol–water partition coefficient (Wildman–Crippen LogP) is 4.28. The largest absolute Gasteiger partial charge is 0.493 e. The third kappa shape index (κ3) is 4.38. The van der Waals surface area contributed by atoms with E-state index >= 15 is 0 Å². The highest BCUT2D eigenvalue weighted by Crippen LogP contribution is 2.27. The molecule has 0 radical (unpaired) electrons. The minimum Gasteiger partial charge on any atom is -0.493 e. The molecule has 150 valence electrons. The molecule has 8 heteroatoms. The molecule has 0 unspecified atom stereocenters. The number of nitrogens with zero attached hydrogens (tertiary/aromatic N) is 5. The van der Waals surface area contributed by atoms with Crippen LogP contribution in [0.3, 0.4) is 0 Å². The first-order valence-electron chi connectivity index (χ1n) is 9.64. The molecule has 4 rings (SSSR count). The Morgan fingerprint density at radius 2 is 1.79 bits per heavy atom. The monoisotopic (exact) mass is 407 g/mol. The Bertz CT molecular complexity index is 1110. The van der Waals surface area contributed by atoms with Gasteiger partial charge in [0, 0.05) is 50.5 Å². The van der Waals surface area contributed by atoms with E-state index in [0.717, 1.165) is 35.2 Å². The van der Waals surface area contributed by atoms with Crippen LogP contribution >= 0.6 is 0 Å². The molecule has 0 fully saturated rings. The quantitative estimate of drug-likeness (QED) is 0.365. The lowest BCUT2D eigenvalue weighted by Crippen LogP contribution is -2.22. The standard InChI is InChI=1S/C21H25N5O2Si/c1-29(2,3)13-12-28-15-25-11-9-22-20(25)17-6-4-16(5-7-17)18-14-23-26-10-8-19(27)24-21(18)26/h4-11,14H,12-13,15H2,1-3H3,(H,24,27). The average molecular weight is 408 g/mol. The minimum atomic E-state index is -1.09. The van der Waals surface area contributed by atoms with Gasteiger partial charge in [-0.1, -0.05) is 43.9 Å². The first kappa shape index (κ1) is 19.3. The van der Waals surface area contributed by atoms with Crippen LogP contribution in [0.15, 0.2) is 55.1 Å². The lowest BCUT2D eigenvalue weighted by molar-refractivity contribution is 0.0883. The third-order valence-electron chi connectivity index (χ3n) is 4.75. The maximum absolute atomic E-state index is 9.68. The van der Waals surface area contributed by atoms with E-state index in [1.165, 1.54) is 6.07 Å². The van der Waals surface area contributed by atoms with Crippen LogP contribution < -0.4 is 0 Å². The lowest BCUT2D eigenvalue weighted by atomic mass is 10.1. The molecular weight excluding hydrogens is 382 g/mol. The van der Waals surface area contributed by atoms with E-state index in [9.17, 15) is 5.11 Å². The molecule has 29 heavy (non-hydrogen) atoms. The van der Waals surface area contributed by atoms with E-state index in [1.807, 2.05) is 35.0 Å². The van der Waals surface area contributed by atoms with E-state index in [2.05, 4.69) is 34.7 Å². The molecule has 3 heterocycles. The molecule has 1 aromatic carbocycles. The topological polar surface area (TPSA) is 77.5 Å². The summed E-state index contributed by atoms with van der Waals surface area (Å²) in [6.45, 7) is 8.32. The SMILES string of the molecule is C[Si](C)(C)CCOCn1ccnc1-c1ccc(-c2cnn3ccc(O)nc23)cc1. The predicted molar refractivity (Wildman–Crippen MR) is 115 cm³/mol. The van der Waals surface area contributed by atoms with Crippen molar-refractivity contribution in [1.29, 1.82) is 0 Å². The fourth-order valence-corrected chi connectivity index (χ4v) is 3.83. The second-order valence-corrected chi connectivity index (χ2v) is 13.9. The number of fused-ring (bicyclic) bond motifs is 1. The van der Waals surface area contributed by atoms with Gasteiger partial charge in [-0.3, -0.25) is 0 Å². The Morgan fingerprint density at radius 1 is 1.03 bits per heavy atom. The lowest BCUT2D eigenvalue weighted by Gasteiger charge is -2.16. The van der Waals surface area contributed by atoms with Crippen molar-refractivity contribution >= 4 is 13.7 Å². The summed E-state index contributed by atoms with van der Waals surface area (Å²) in [7, 11) is -1.09. The van der Waals surface area contributed by atoms with Crippen LogP contribution in [0.5, 0.6) is 5.88 Å². The Labute approximate surface area is 170 Å². The number of benzene rings is 1. The highest BCUT2D eigenvalue weighted by molar-refractivity contribution is 6.76. The maximum atomic E-state index is 9.68. The van der Waals surface area contributed by atoms with Crippen LogP contribution in [0.25, 0.3) is 28.2 Å². The van der Waals surface area contributed by atoms with Crippen molar-refractivity contribution in [2.24, 2.45) is 0 Å². The molecule has 0 spiro atoms. The summed E-state index contributed by atoms with van der Waals surface area (Å²) in [6.07, 6.45) is 7.18. The van der Waals surface area contributed by atoms with E-state index in [0.29, 0.717) is 12.4 Å². The van der Waals surface area contributed by atoms with Crippen LogP contribution in [-0.4, -0.2) is 43.9 Å². The first-order chi connectivity index (χ1) is 13.9. The molecule has 0 saturated heterocycles. The second kappa shape index (κ2) is 7.80. The van der Waals surface area contributed by atoms with Crippen LogP contribution in [0.1, 0.15) is 0 Å². The Hall–Kier alpha value is -2.97. The van der Waals surface area contributed by atoms with Gasteiger partial charge in [0.2, 0.25) is 5.88 Å². The Kier molecular flexibility index (Phi) is 5.21. The fourth-order valence-electron chi connectivity index (χ4n) is 3.08. The molecule has 0 aliphatic heterocycles. The van der Waals surface area contributed by atoms with Gasteiger partial charge in [-0.2, -0.15) is 10.1 Å². The second-order valence-electron chi connectivity index (χ2n) is 8.26. The van der Waals surface area contributed by atoms with Crippen molar-refractivity contribution in [2.75, 3.05) is 6.61 Å². The van der Waals surface area contributed by atoms with E-state index in [4.69, 9.17) is 4.74 Å². The number of imidazole rings is 1. The molecule has 0 aliphatic rings. The summed E-state index contributed by atoms with van der Waals surface area (Å²) in [6, 6.07) is 10.8. The van der Waals surface area contributed by atoms with E-state index in [-0.39, 0.29) is 5.88 Å². The summed E-state index contributed by atoms with van der Waals surface area (Å²) >= 11 is 0. The molecule has 0 atom stereocenters. The van der Waals surface area contributed by atoms with Gasteiger partial charge < -0.3 is 14.4 Å². The number of aromatic hydroxyl groups is 1. The van der Waals surface area contributed by atoms with E-state index < -0.39 is 8.07 Å². The summed E-state index contributed by atoms with van der Waals surface area (Å²) in [5, 5.41) is 14.0. The molecule has 7 nitrogen and oxygen atoms in total. The van der Waals surface area contributed by atoms with Gasteiger partial charge in [0.1, 0.15) is 12.6 Å². The van der Waals surface area contributed by atoms with Crippen molar-refractivity contribution in [3.63, 3.8) is 0 Å². The van der Waals surface area contributed by atoms with Gasteiger partial charge in [-0.15, -0.1) is 0 Å². The van der Waals surface area contributed by atoms with Crippen LogP contribution in [-0.2, 0) is 11.5 Å². The molecule has 1 N–H and O–H groups in total. The van der Waals surface area contributed by atoms with Gasteiger partial charge in [0.25, 0.3) is 0 Å². The van der Waals surface area contributed by atoms with Gasteiger partial charge in [-0.25, -0.2) is 9.50 Å². The summed E-state index contributed by atoms with van der Waals surface area (Å²) in [4.78, 5) is 8.68. The van der Waals surface area contributed by atoms with Crippen LogP contribution in [0, 0.1) is 0 Å². The number of hydrogen-bond acceptors (Lipinski definition) is 5. The number of aromatic nitrogens is 5. The van der Waals surface area contributed by atoms with Crippen LogP contribution in [0.4, 0.5) is 0 Å². The highest BCUT2D eigenvalue weighted by Gasteiger charge is 2.13. The van der Waals surface area contributed by atoms with E-state index in [1.54, 1.807) is 23.1 Å². The maximum Gasteiger partial charge on any atom is 0.214 e. The molecule has 4 aromatic rings. The van der Waals surface area contributed by atoms with Crippen molar-refractivity contribution < 1.29 is 9.84 Å². The summed E-state index contributed by atoms with van der Waals surface area (Å²) < 4.78 is 9.54. The van der Waals surface area contributed by atoms with Gasteiger partial charge >= 0.3 is 0 Å².